The van der Waals surface area contributed by atoms with Gasteiger partial charge >= 0.3 is 6.18 Å². The van der Waals surface area contributed by atoms with Gasteiger partial charge < -0.3 is 10.6 Å². The van der Waals surface area contributed by atoms with E-state index in [1.807, 2.05) is 13.8 Å². The van der Waals surface area contributed by atoms with E-state index in [0.717, 1.165) is 18.7 Å². The number of rotatable bonds is 7. The fourth-order valence-corrected chi connectivity index (χ4v) is 1.57. The van der Waals surface area contributed by atoms with Crippen LogP contribution in [-0.4, -0.2) is 24.0 Å². The average Bonchev–Trinajstić information content (AvgIpc) is 2.41. The molecule has 0 atom stereocenters. The molecule has 0 unspecified atom stereocenters. The van der Waals surface area contributed by atoms with Crippen LogP contribution in [0.3, 0.4) is 0 Å². The summed E-state index contributed by atoms with van der Waals surface area (Å²) in [5.41, 5.74) is -0.782. The van der Waals surface area contributed by atoms with Crippen LogP contribution in [-0.2, 0) is 11.0 Å². The highest BCUT2D eigenvalue weighted by molar-refractivity contribution is 5.75. The van der Waals surface area contributed by atoms with Crippen LogP contribution < -0.4 is 10.6 Å². The molecule has 0 aliphatic carbocycles. The lowest BCUT2D eigenvalue weighted by Gasteiger charge is -2.09. The Morgan fingerprint density at radius 2 is 2.00 bits per heavy atom. The van der Waals surface area contributed by atoms with E-state index >= 15 is 0 Å². The Morgan fingerprint density at radius 1 is 1.29 bits per heavy atom. The summed E-state index contributed by atoms with van der Waals surface area (Å²) < 4.78 is 37.0. The molecule has 4 nitrogen and oxygen atoms in total. The number of nitrogens with one attached hydrogen (secondary N) is 2. The first-order chi connectivity index (χ1) is 9.79. The Balaban J connectivity index is 2.25. The molecule has 1 aromatic rings. The number of hydrogen-bond acceptors (Lipinski definition) is 3. The van der Waals surface area contributed by atoms with Gasteiger partial charge in [-0.05, 0) is 24.5 Å². The number of pyridine rings is 1. The smallest absolute Gasteiger partial charge is 0.368 e. The molecule has 0 fully saturated rings. The molecule has 118 valence electrons. The standard InChI is InChI=1S/C14H20F3N3O/c1-10(2)3-6-13(21)19-8-7-18-12-5-4-11(9-20-12)14(15,16)17/h4-5,9-10H,3,6-8H2,1-2H3,(H,18,20)(H,19,21). The lowest BCUT2D eigenvalue weighted by molar-refractivity contribution is -0.137. The highest BCUT2D eigenvalue weighted by Crippen LogP contribution is 2.28. The second-order valence-electron chi connectivity index (χ2n) is 5.14. The summed E-state index contributed by atoms with van der Waals surface area (Å²) in [7, 11) is 0. The third-order valence-electron chi connectivity index (χ3n) is 2.79. The minimum absolute atomic E-state index is 0.0223. The maximum absolute atomic E-state index is 12.3. The number of carbonyl (C=O) groups is 1. The molecule has 0 radical (unpaired) electrons. The second-order valence-corrected chi connectivity index (χ2v) is 5.14. The number of aromatic nitrogens is 1. The SMILES string of the molecule is CC(C)CCC(=O)NCCNc1ccc(C(F)(F)F)cn1. The van der Waals surface area contributed by atoms with Gasteiger partial charge in [-0.25, -0.2) is 4.98 Å². The van der Waals surface area contributed by atoms with Crippen molar-refractivity contribution in [3.05, 3.63) is 23.9 Å². The molecule has 1 rings (SSSR count). The summed E-state index contributed by atoms with van der Waals surface area (Å²) in [4.78, 5) is 15.1. The average molecular weight is 303 g/mol. The first-order valence-corrected chi connectivity index (χ1v) is 6.83. The Labute approximate surface area is 122 Å². The van der Waals surface area contributed by atoms with Crippen molar-refractivity contribution in [2.45, 2.75) is 32.9 Å². The van der Waals surface area contributed by atoms with Crippen molar-refractivity contribution in [1.29, 1.82) is 0 Å². The van der Waals surface area contributed by atoms with Crippen LogP contribution in [0, 0.1) is 5.92 Å². The molecule has 1 heterocycles. The van der Waals surface area contributed by atoms with Crippen molar-refractivity contribution in [2.24, 2.45) is 5.92 Å². The van der Waals surface area contributed by atoms with E-state index in [4.69, 9.17) is 0 Å². The summed E-state index contributed by atoms with van der Waals surface area (Å²) in [6.45, 7) is 4.90. The first-order valence-electron chi connectivity index (χ1n) is 6.83. The second kappa shape index (κ2) is 7.85. The Morgan fingerprint density at radius 3 is 2.52 bits per heavy atom. The molecule has 0 aliphatic rings. The van der Waals surface area contributed by atoms with Crippen LogP contribution in [0.2, 0.25) is 0 Å². The van der Waals surface area contributed by atoms with Gasteiger partial charge in [-0.2, -0.15) is 13.2 Å². The minimum Gasteiger partial charge on any atom is -0.368 e. The van der Waals surface area contributed by atoms with Gasteiger partial charge in [0.05, 0.1) is 5.56 Å². The van der Waals surface area contributed by atoms with Crippen molar-refractivity contribution in [1.82, 2.24) is 10.3 Å². The van der Waals surface area contributed by atoms with Gasteiger partial charge in [0.1, 0.15) is 5.82 Å². The van der Waals surface area contributed by atoms with Crippen molar-refractivity contribution in [2.75, 3.05) is 18.4 Å². The van der Waals surface area contributed by atoms with Crippen molar-refractivity contribution in [3.8, 4) is 0 Å². The number of hydrogen-bond donors (Lipinski definition) is 2. The largest absolute Gasteiger partial charge is 0.417 e. The van der Waals surface area contributed by atoms with Gasteiger partial charge in [-0.3, -0.25) is 4.79 Å². The molecular weight excluding hydrogens is 283 g/mol. The third-order valence-corrected chi connectivity index (χ3v) is 2.79. The number of anilines is 1. The lowest BCUT2D eigenvalue weighted by atomic mass is 10.1. The fraction of sp³-hybridized carbons (Fsp3) is 0.571. The highest BCUT2D eigenvalue weighted by atomic mass is 19.4. The van der Waals surface area contributed by atoms with E-state index < -0.39 is 11.7 Å². The fourth-order valence-electron chi connectivity index (χ4n) is 1.57. The molecular formula is C14H20F3N3O. The van der Waals surface area contributed by atoms with Crippen LogP contribution >= 0.6 is 0 Å². The zero-order valence-corrected chi connectivity index (χ0v) is 12.1. The predicted molar refractivity (Wildman–Crippen MR) is 74.8 cm³/mol. The number of carbonyl (C=O) groups excluding carboxylic acids is 1. The van der Waals surface area contributed by atoms with Crippen LogP contribution in [0.5, 0.6) is 0 Å². The number of halogens is 3. The van der Waals surface area contributed by atoms with Gasteiger partial charge in [-0.1, -0.05) is 13.8 Å². The molecule has 21 heavy (non-hydrogen) atoms. The number of amides is 1. The van der Waals surface area contributed by atoms with E-state index in [2.05, 4.69) is 15.6 Å². The molecule has 1 aromatic heterocycles. The summed E-state index contributed by atoms with van der Waals surface area (Å²) in [5, 5.41) is 5.59. The maximum atomic E-state index is 12.3. The molecule has 0 bridgehead atoms. The lowest BCUT2D eigenvalue weighted by Crippen LogP contribution is -2.28. The van der Waals surface area contributed by atoms with E-state index in [9.17, 15) is 18.0 Å². The van der Waals surface area contributed by atoms with Crippen LogP contribution in [0.15, 0.2) is 18.3 Å². The minimum atomic E-state index is -4.38. The quantitative estimate of drug-likeness (QED) is 0.761. The number of nitrogens with zero attached hydrogens (tertiary/aromatic N) is 1. The molecule has 1 amide bonds. The molecule has 0 saturated heterocycles. The molecule has 0 spiro atoms. The third kappa shape index (κ3) is 6.97. The summed E-state index contributed by atoms with van der Waals surface area (Å²) in [6.07, 6.45) is -2.28. The maximum Gasteiger partial charge on any atom is 0.417 e. The number of alkyl halides is 3. The molecule has 0 aliphatic heterocycles. The highest BCUT2D eigenvalue weighted by Gasteiger charge is 2.30. The van der Waals surface area contributed by atoms with Gasteiger partial charge in [0, 0.05) is 25.7 Å². The van der Waals surface area contributed by atoms with E-state index in [1.54, 1.807) is 0 Å². The first kappa shape index (κ1) is 17.3. The topological polar surface area (TPSA) is 54.0 Å². The summed E-state index contributed by atoms with van der Waals surface area (Å²) >= 11 is 0. The Kier molecular flexibility index (Phi) is 6.45. The monoisotopic (exact) mass is 303 g/mol. The van der Waals surface area contributed by atoms with Gasteiger partial charge in [-0.15, -0.1) is 0 Å². The Bertz CT molecular complexity index is 444. The van der Waals surface area contributed by atoms with Crippen molar-refractivity contribution in [3.63, 3.8) is 0 Å². The van der Waals surface area contributed by atoms with Crippen LogP contribution in [0.25, 0.3) is 0 Å². The van der Waals surface area contributed by atoms with Crippen molar-refractivity contribution >= 4 is 11.7 Å². The van der Waals surface area contributed by atoms with Gasteiger partial charge in [0.2, 0.25) is 5.91 Å². The molecule has 0 aromatic carbocycles. The van der Waals surface area contributed by atoms with E-state index in [1.165, 1.54) is 6.07 Å². The van der Waals surface area contributed by atoms with Crippen LogP contribution in [0.4, 0.5) is 19.0 Å². The molecule has 0 saturated carbocycles. The molecule has 2 N–H and O–H groups in total. The predicted octanol–water partition coefficient (Wildman–Crippen LogP) is 3.06. The zero-order chi connectivity index (χ0) is 15.9. The Hall–Kier alpha value is -1.79. The van der Waals surface area contributed by atoms with Crippen molar-refractivity contribution < 1.29 is 18.0 Å². The van der Waals surface area contributed by atoms with E-state index in [0.29, 0.717) is 31.2 Å². The van der Waals surface area contributed by atoms with Gasteiger partial charge in [0.25, 0.3) is 0 Å². The zero-order valence-electron chi connectivity index (χ0n) is 12.1. The van der Waals surface area contributed by atoms with Gasteiger partial charge in [0.15, 0.2) is 0 Å². The van der Waals surface area contributed by atoms with E-state index in [-0.39, 0.29) is 5.91 Å². The van der Waals surface area contributed by atoms with Crippen LogP contribution in [0.1, 0.15) is 32.3 Å². The normalized spacial score (nSPS) is 11.5. The summed E-state index contributed by atoms with van der Waals surface area (Å²) in [5.74, 6) is 0.801. The summed E-state index contributed by atoms with van der Waals surface area (Å²) in [6, 6.07) is 2.24. The molecule has 7 heteroatoms.